The van der Waals surface area contributed by atoms with Crippen molar-refractivity contribution in [1.82, 2.24) is 0 Å². The van der Waals surface area contributed by atoms with Crippen LogP contribution < -0.4 is 5.32 Å². The van der Waals surface area contributed by atoms with E-state index in [4.69, 9.17) is 4.74 Å². The van der Waals surface area contributed by atoms with Gasteiger partial charge in [-0.05, 0) is 24.1 Å². The zero-order chi connectivity index (χ0) is 13.9. The highest BCUT2D eigenvalue weighted by Crippen LogP contribution is 2.39. The molecule has 20 heavy (non-hydrogen) atoms. The molecular weight excluding hydrogens is 250 g/mol. The van der Waals surface area contributed by atoms with Crippen LogP contribution in [0.2, 0.25) is 0 Å². The summed E-state index contributed by atoms with van der Waals surface area (Å²) in [5.74, 6) is 0.304. The molecule has 0 saturated carbocycles. The first kappa shape index (κ1) is 13.0. The molecule has 0 aromatic heterocycles. The molecule has 3 heteroatoms. The number of hydrogen-bond acceptors (Lipinski definition) is 3. The van der Waals surface area contributed by atoms with Crippen LogP contribution in [0.5, 0.6) is 5.75 Å². The van der Waals surface area contributed by atoms with Gasteiger partial charge in [0.2, 0.25) is 0 Å². The van der Waals surface area contributed by atoms with E-state index in [0.29, 0.717) is 12.4 Å². The van der Waals surface area contributed by atoms with Crippen molar-refractivity contribution in [3.8, 4) is 5.75 Å². The predicted octanol–water partition coefficient (Wildman–Crippen LogP) is 3.51. The van der Waals surface area contributed by atoms with E-state index in [1.54, 1.807) is 6.07 Å². The summed E-state index contributed by atoms with van der Waals surface area (Å²) in [4.78, 5) is 0. The molecule has 2 aromatic rings. The van der Waals surface area contributed by atoms with Crippen LogP contribution in [0.1, 0.15) is 24.1 Å². The first-order valence-electron chi connectivity index (χ1n) is 7.03. The number of fused-ring (bicyclic) bond motifs is 1. The summed E-state index contributed by atoms with van der Waals surface area (Å²) in [6, 6.07) is 15.9. The minimum absolute atomic E-state index is 0.0666. The molecule has 0 radical (unpaired) electrons. The van der Waals surface area contributed by atoms with E-state index in [0.717, 1.165) is 17.7 Å². The summed E-state index contributed by atoms with van der Waals surface area (Å²) in [7, 11) is 0. The van der Waals surface area contributed by atoms with E-state index in [1.807, 2.05) is 37.3 Å². The minimum Gasteiger partial charge on any atom is -0.506 e. The van der Waals surface area contributed by atoms with Crippen molar-refractivity contribution >= 4 is 5.69 Å². The van der Waals surface area contributed by atoms with Crippen molar-refractivity contribution in [1.29, 1.82) is 0 Å². The van der Waals surface area contributed by atoms with Gasteiger partial charge in [0.1, 0.15) is 5.75 Å². The summed E-state index contributed by atoms with van der Waals surface area (Å²) < 4.78 is 5.90. The first-order chi connectivity index (χ1) is 9.79. The molecule has 1 aliphatic heterocycles. The molecule has 0 unspecified atom stereocenters. The maximum Gasteiger partial charge on any atom is 0.138 e. The first-order valence-corrected chi connectivity index (χ1v) is 7.03. The Morgan fingerprint density at radius 3 is 2.70 bits per heavy atom. The zero-order valence-electron chi connectivity index (χ0n) is 11.5. The number of phenolic OH excluding ortho intramolecular Hbond substituents is 1. The number of hydrogen-bond donors (Lipinski definition) is 2. The van der Waals surface area contributed by atoms with Gasteiger partial charge in [-0.15, -0.1) is 0 Å². The predicted molar refractivity (Wildman–Crippen MR) is 80.0 cm³/mol. The van der Waals surface area contributed by atoms with Crippen molar-refractivity contribution in [3.05, 3.63) is 59.7 Å². The van der Waals surface area contributed by atoms with E-state index < -0.39 is 0 Å². The van der Waals surface area contributed by atoms with Gasteiger partial charge in [-0.1, -0.05) is 42.5 Å². The molecular formula is C17H19NO2. The van der Waals surface area contributed by atoms with Crippen molar-refractivity contribution in [2.45, 2.75) is 25.5 Å². The van der Waals surface area contributed by atoms with Gasteiger partial charge in [0.05, 0.1) is 17.8 Å². The number of rotatable bonds is 3. The third-order valence-electron chi connectivity index (χ3n) is 3.76. The fourth-order valence-electron chi connectivity index (χ4n) is 2.83. The Labute approximate surface area is 119 Å². The topological polar surface area (TPSA) is 41.5 Å². The average Bonchev–Trinajstić information content (AvgIpc) is 2.48. The van der Waals surface area contributed by atoms with Crippen LogP contribution in [-0.4, -0.2) is 17.8 Å². The van der Waals surface area contributed by atoms with Crippen LogP contribution >= 0.6 is 0 Å². The second-order valence-electron chi connectivity index (χ2n) is 5.04. The van der Waals surface area contributed by atoms with Gasteiger partial charge in [-0.3, -0.25) is 0 Å². The maximum absolute atomic E-state index is 10.0. The van der Waals surface area contributed by atoms with Crippen LogP contribution in [0, 0.1) is 0 Å². The highest BCUT2D eigenvalue weighted by Gasteiger charge is 2.30. The molecule has 0 bridgehead atoms. The minimum atomic E-state index is 0.0666. The summed E-state index contributed by atoms with van der Waals surface area (Å²) in [6.07, 6.45) is 0.890. The summed E-state index contributed by atoms with van der Waals surface area (Å²) in [5.41, 5.74) is 3.12. The Bertz CT molecular complexity index is 583. The van der Waals surface area contributed by atoms with Crippen LogP contribution in [0.4, 0.5) is 5.69 Å². The Kier molecular flexibility index (Phi) is 3.61. The molecule has 1 aliphatic rings. The van der Waals surface area contributed by atoms with E-state index in [9.17, 15) is 5.11 Å². The second-order valence-corrected chi connectivity index (χ2v) is 5.04. The van der Waals surface area contributed by atoms with Gasteiger partial charge in [-0.25, -0.2) is 0 Å². The van der Waals surface area contributed by atoms with Crippen molar-refractivity contribution in [2.75, 3.05) is 11.9 Å². The number of benzene rings is 2. The Morgan fingerprint density at radius 1 is 1.15 bits per heavy atom. The van der Waals surface area contributed by atoms with Crippen molar-refractivity contribution in [3.63, 3.8) is 0 Å². The number of para-hydroxylation sites is 1. The lowest BCUT2D eigenvalue weighted by atomic mass is 9.90. The van der Waals surface area contributed by atoms with Crippen molar-refractivity contribution < 1.29 is 9.84 Å². The fourth-order valence-corrected chi connectivity index (χ4v) is 2.83. The highest BCUT2D eigenvalue weighted by molar-refractivity contribution is 5.64. The molecule has 0 amide bonds. The molecule has 1 heterocycles. The maximum atomic E-state index is 10.0. The van der Waals surface area contributed by atoms with Gasteiger partial charge in [0, 0.05) is 13.0 Å². The smallest absolute Gasteiger partial charge is 0.138 e. The third kappa shape index (κ3) is 2.37. The Morgan fingerprint density at radius 2 is 1.95 bits per heavy atom. The lowest BCUT2D eigenvalue weighted by molar-refractivity contribution is 0.0463. The molecule has 104 valence electrons. The lowest BCUT2D eigenvalue weighted by Crippen LogP contribution is -2.34. The Balaban J connectivity index is 1.98. The monoisotopic (exact) mass is 269 g/mol. The second kappa shape index (κ2) is 5.55. The van der Waals surface area contributed by atoms with Gasteiger partial charge >= 0.3 is 0 Å². The largest absolute Gasteiger partial charge is 0.506 e. The number of ether oxygens (including phenoxy) is 1. The van der Waals surface area contributed by atoms with Gasteiger partial charge in [0.15, 0.2) is 0 Å². The molecule has 0 fully saturated rings. The van der Waals surface area contributed by atoms with Gasteiger partial charge in [0.25, 0.3) is 0 Å². The zero-order valence-corrected chi connectivity index (χ0v) is 11.5. The number of phenols is 1. The third-order valence-corrected chi connectivity index (χ3v) is 3.76. The quantitative estimate of drug-likeness (QED) is 0.838. The SMILES string of the molecule is CCO[C@@H]1Cc2cccc(O)c2N[C@@H]1c1ccccc1. The van der Waals surface area contributed by atoms with E-state index in [1.165, 1.54) is 5.56 Å². The van der Waals surface area contributed by atoms with Crippen molar-refractivity contribution in [2.24, 2.45) is 0 Å². The molecule has 0 spiro atoms. The molecule has 2 aromatic carbocycles. The van der Waals surface area contributed by atoms with Crippen LogP contribution in [0.3, 0.4) is 0 Å². The average molecular weight is 269 g/mol. The Hall–Kier alpha value is -2.00. The summed E-state index contributed by atoms with van der Waals surface area (Å²) in [6.45, 7) is 2.70. The van der Waals surface area contributed by atoms with Crippen LogP contribution in [0.15, 0.2) is 48.5 Å². The molecule has 2 atom stereocenters. The lowest BCUT2D eigenvalue weighted by Gasteiger charge is -2.35. The number of nitrogens with one attached hydrogen (secondary N) is 1. The van der Waals surface area contributed by atoms with E-state index in [-0.39, 0.29) is 12.1 Å². The number of aromatic hydroxyl groups is 1. The molecule has 3 rings (SSSR count). The number of anilines is 1. The highest BCUT2D eigenvalue weighted by atomic mass is 16.5. The molecule has 0 saturated heterocycles. The van der Waals surface area contributed by atoms with Crippen LogP contribution in [0.25, 0.3) is 0 Å². The summed E-state index contributed by atoms with van der Waals surface area (Å²) in [5, 5.41) is 13.5. The van der Waals surface area contributed by atoms with Gasteiger partial charge < -0.3 is 15.2 Å². The molecule has 3 nitrogen and oxygen atoms in total. The van der Waals surface area contributed by atoms with E-state index >= 15 is 0 Å². The summed E-state index contributed by atoms with van der Waals surface area (Å²) >= 11 is 0. The van der Waals surface area contributed by atoms with E-state index in [2.05, 4.69) is 17.4 Å². The van der Waals surface area contributed by atoms with Gasteiger partial charge in [-0.2, -0.15) is 0 Å². The molecule has 0 aliphatic carbocycles. The van der Waals surface area contributed by atoms with Crippen LogP contribution in [-0.2, 0) is 11.2 Å². The standard InChI is InChI=1S/C17H19NO2/c1-2-20-15-11-13-9-6-10-14(19)16(13)18-17(15)12-7-4-3-5-8-12/h3-10,15,17-19H,2,11H2,1H3/t15-,17-/m1/s1. The normalized spacial score (nSPS) is 21.1. The fraction of sp³-hybridized carbons (Fsp3) is 0.294. The molecule has 2 N–H and O–H groups in total.